The third-order valence-corrected chi connectivity index (χ3v) is 3.96. The van der Waals surface area contributed by atoms with Gasteiger partial charge in [-0.3, -0.25) is 0 Å². The topological polar surface area (TPSA) is 32.3 Å². The van der Waals surface area contributed by atoms with E-state index in [1.165, 1.54) is 23.5 Å². The van der Waals surface area contributed by atoms with Gasteiger partial charge in [-0.2, -0.15) is 11.3 Å². The summed E-state index contributed by atoms with van der Waals surface area (Å²) in [5.41, 5.74) is 0.330. The van der Waals surface area contributed by atoms with Crippen molar-refractivity contribution < 1.29 is 13.9 Å². The van der Waals surface area contributed by atoms with Crippen LogP contribution in [0.2, 0.25) is 0 Å². The van der Waals surface area contributed by atoms with E-state index in [1.807, 2.05) is 16.8 Å². The number of thiophene rings is 1. The molecular weight excluding hydrogens is 280 g/mol. The Kier molecular flexibility index (Phi) is 4.52. The second-order valence-electron chi connectivity index (χ2n) is 5.09. The van der Waals surface area contributed by atoms with Crippen molar-refractivity contribution in [2.24, 2.45) is 0 Å². The van der Waals surface area contributed by atoms with E-state index in [0.29, 0.717) is 12.1 Å². The van der Waals surface area contributed by atoms with Crippen LogP contribution in [0.25, 0.3) is 0 Å². The molecule has 1 heterocycles. The quantitative estimate of drug-likeness (QED) is 0.884. The Morgan fingerprint density at radius 3 is 2.50 bits per heavy atom. The van der Waals surface area contributed by atoms with E-state index in [1.54, 1.807) is 13.8 Å². The normalized spacial score (nSPS) is 15.8. The minimum absolute atomic E-state index is 0.259. The van der Waals surface area contributed by atoms with E-state index >= 15 is 0 Å². The van der Waals surface area contributed by atoms with Gasteiger partial charge in [-0.25, -0.2) is 8.78 Å². The molecule has 2 N–H and O–H groups in total. The summed E-state index contributed by atoms with van der Waals surface area (Å²) in [6, 6.07) is 5.03. The van der Waals surface area contributed by atoms with E-state index in [4.69, 9.17) is 0 Å². The van der Waals surface area contributed by atoms with E-state index in [9.17, 15) is 13.9 Å². The monoisotopic (exact) mass is 297 g/mol. The maximum atomic E-state index is 13.2. The molecule has 0 saturated carbocycles. The van der Waals surface area contributed by atoms with Crippen molar-refractivity contribution in [3.63, 3.8) is 0 Å². The second-order valence-corrected chi connectivity index (χ2v) is 5.87. The smallest absolute Gasteiger partial charge is 0.126 e. The van der Waals surface area contributed by atoms with Crippen LogP contribution in [0.5, 0.6) is 0 Å². The summed E-state index contributed by atoms with van der Waals surface area (Å²) in [4.78, 5) is 0. The van der Waals surface area contributed by atoms with Gasteiger partial charge in [-0.05, 0) is 53.9 Å². The number of hydrogen-bond donors (Lipinski definition) is 2. The third-order valence-electron chi connectivity index (χ3n) is 3.28. The van der Waals surface area contributed by atoms with Crippen LogP contribution in [0.1, 0.15) is 31.0 Å². The van der Waals surface area contributed by atoms with Crippen LogP contribution in [0.15, 0.2) is 35.0 Å². The van der Waals surface area contributed by atoms with Gasteiger partial charge in [0.15, 0.2) is 0 Å². The summed E-state index contributed by atoms with van der Waals surface area (Å²) in [6.07, 6.45) is 0. The molecule has 108 valence electrons. The van der Waals surface area contributed by atoms with Gasteiger partial charge in [-0.1, -0.05) is 0 Å². The van der Waals surface area contributed by atoms with Crippen LogP contribution in [-0.2, 0) is 5.60 Å². The first-order chi connectivity index (χ1) is 9.38. The van der Waals surface area contributed by atoms with E-state index in [0.717, 1.165) is 11.6 Å². The summed E-state index contributed by atoms with van der Waals surface area (Å²) >= 11 is 1.51. The van der Waals surface area contributed by atoms with E-state index in [2.05, 4.69) is 5.32 Å². The van der Waals surface area contributed by atoms with Crippen molar-refractivity contribution in [1.82, 2.24) is 5.32 Å². The summed E-state index contributed by atoms with van der Waals surface area (Å²) in [7, 11) is 0. The number of rotatable bonds is 5. The highest BCUT2D eigenvalue weighted by atomic mass is 32.1. The number of benzene rings is 1. The molecule has 20 heavy (non-hydrogen) atoms. The molecule has 0 amide bonds. The molecule has 1 aromatic carbocycles. The van der Waals surface area contributed by atoms with Crippen LogP contribution in [0, 0.1) is 11.6 Å². The molecule has 0 radical (unpaired) electrons. The summed E-state index contributed by atoms with van der Waals surface area (Å²) in [5, 5.41) is 17.3. The number of nitrogens with one attached hydrogen (secondary N) is 1. The lowest BCUT2D eigenvalue weighted by molar-refractivity contribution is 0.0548. The van der Waals surface area contributed by atoms with Crippen LogP contribution < -0.4 is 5.32 Å². The Bertz CT molecular complexity index is 549. The number of halogens is 2. The van der Waals surface area contributed by atoms with Gasteiger partial charge in [0, 0.05) is 18.7 Å². The molecule has 2 aromatic rings. The average molecular weight is 297 g/mol. The predicted octanol–water partition coefficient (Wildman–Crippen LogP) is 3.58. The molecule has 0 spiro atoms. The van der Waals surface area contributed by atoms with Crippen LogP contribution in [0.4, 0.5) is 8.78 Å². The average Bonchev–Trinajstić information content (AvgIpc) is 2.89. The van der Waals surface area contributed by atoms with E-state index < -0.39 is 17.2 Å². The fourth-order valence-electron chi connectivity index (χ4n) is 1.97. The summed E-state index contributed by atoms with van der Waals surface area (Å²) < 4.78 is 26.3. The molecule has 0 aliphatic rings. The number of hydrogen-bond acceptors (Lipinski definition) is 3. The van der Waals surface area contributed by atoms with Gasteiger partial charge in [0.1, 0.15) is 17.2 Å². The molecule has 1 aromatic heterocycles. The molecule has 0 bridgehead atoms. The molecule has 0 aliphatic heterocycles. The molecular formula is C15H17F2NOS. The minimum Gasteiger partial charge on any atom is -0.384 e. The van der Waals surface area contributed by atoms with Crippen LogP contribution in [-0.4, -0.2) is 11.7 Å². The Morgan fingerprint density at radius 2 is 1.95 bits per heavy atom. The maximum absolute atomic E-state index is 13.2. The highest BCUT2D eigenvalue weighted by molar-refractivity contribution is 7.08. The first kappa shape index (κ1) is 15.1. The maximum Gasteiger partial charge on any atom is 0.126 e. The van der Waals surface area contributed by atoms with Crippen LogP contribution >= 0.6 is 11.3 Å². The number of aliphatic hydroxyl groups is 1. The van der Waals surface area contributed by atoms with Gasteiger partial charge in [0.2, 0.25) is 0 Å². The standard InChI is InChI=1S/C15H17F2NOS/c1-10(11-5-13(16)7-14(17)6-11)18-9-15(2,19)12-3-4-20-8-12/h3-8,10,18-19H,9H2,1-2H3. The molecule has 5 heteroatoms. The molecule has 2 atom stereocenters. The SMILES string of the molecule is CC(NCC(C)(O)c1ccsc1)c1cc(F)cc(F)c1. The zero-order valence-electron chi connectivity index (χ0n) is 11.4. The van der Waals surface area contributed by atoms with Gasteiger partial charge >= 0.3 is 0 Å². The summed E-state index contributed by atoms with van der Waals surface area (Å²) in [5.74, 6) is -1.20. The summed E-state index contributed by atoms with van der Waals surface area (Å²) in [6.45, 7) is 3.81. The van der Waals surface area contributed by atoms with Crippen molar-refractivity contribution >= 4 is 11.3 Å². The first-order valence-electron chi connectivity index (χ1n) is 6.33. The first-order valence-corrected chi connectivity index (χ1v) is 7.27. The molecule has 2 nitrogen and oxygen atoms in total. The predicted molar refractivity (Wildman–Crippen MR) is 76.7 cm³/mol. The lowest BCUT2D eigenvalue weighted by atomic mass is 9.98. The van der Waals surface area contributed by atoms with Gasteiger partial charge < -0.3 is 10.4 Å². The molecule has 2 unspecified atom stereocenters. The Morgan fingerprint density at radius 1 is 1.30 bits per heavy atom. The van der Waals surface area contributed by atoms with Crippen molar-refractivity contribution in [1.29, 1.82) is 0 Å². The second kappa shape index (κ2) is 5.99. The van der Waals surface area contributed by atoms with Gasteiger partial charge in [0.25, 0.3) is 0 Å². The van der Waals surface area contributed by atoms with E-state index in [-0.39, 0.29) is 6.04 Å². The Balaban J connectivity index is 2.03. The Hall–Kier alpha value is -1.30. The molecule has 0 fully saturated rings. The Labute approximate surface area is 121 Å². The van der Waals surface area contributed by atoms with Crippen molar-refractivity contribution in [2.75, 3.05) is 6.54 Å². The third kappa shape index (κ3) is 3.62. The lowest BCUT2D eigenvalue weighted by Crippen LogP contribution is -2.36. The van der Waals surface area contributed by atoms with Crippen molar-refractivity contribution in [3.8, 4) is 0 Å². The van der Waals surface area contributed by atoms with Gasteiger partial charge in [0.05, 0.1) is 0 Å². The zero-order chi connectivity index (χ0) is 14.8. The van der Waals surface area contributed by atoms with Crippen molar-refractivity contribution in [2.45, 2.75) is 25.5 Å². The fourth-order valence-corrected chi connectivity index (χ4v) is 2.75. The minimum atomic E-state index is -1.01. The van der Waals surface area contributed by atoms with Gasteiger partial charge in [-0.15, -0.1) is 0 Å². The molecule has 0 aliphatic carbocycles. The highest BCUT2D eigenvalue weighted by Crippen LogP contribution is 2.23. The largest absolute Gasteiger partial charge is 0.384 e. The zero-order valence-corrected chi connectivity index (χ0v) is 12.2. The fraction of sp³-hybridized carbons (Fsp3) is 0.333. The van der Waals surface area contributed by atoms with Crippen LogP contribution in [0.3, 0.4) is 0 Å². The molecule has 0 saturated heterocycles. The lowest BCUT2D eigenvalue weighted by Gasteiger charge is -2.25. The molecule has 2 rings (SSSR count). The highest BCUT2D eigenvalue weighted by Gasteiger charge is 2.24. The van der Waals surface area contributed by atoms with Crippen molar-refractivity contribution in [3.05, 3.63) is 57.8 Å².